The zero-order valence-corrected chi connectivity index (χ0v) is 9.97. The number of carbonyl (C=O) groups excluding carboxylic acids is 1. The fourth-order valence-corrected chi connectivity index (χ4v) is 2.35. The van der Waals surface area contributed by atoms with Crippen LogP contribution in [0.15, 0.2) is 0 Å². The summed E-state index contributed by atoms with van der Waals surface area (Å²) in [6.45, 7) is 5.50. The van der Waals surface area contributed by atoms with Crippen molar-refractivity contribution in [3.63, 3.8) is 0 Å². The van der Waals surface area contributed by atoms with E-state index in [4.69, 9.17) is 4.74 Å². The molecule has 88 valence electrons. The molecule has 0 aliphatic heterocycles. The van der Waals surface area contributed by atoms with Crippen molar-refractivity contribution >= 4 is 5.97 Å². The van der Waals surface area contributed by atoms with Crippen molar-refractivity contribution in [3.8, 4) is 0 Å². The Bertz CT molecular complexity index is 198. The topological polar surface area (TPSA) is 38.3 Å². The molecule has 0 radical (unpaired) electrons. The predicted molar refractivity (Wildman–Crippen MR) is 60.7 cm³/mol. The first-order valence-corrected chi connectivity index (χ1v) is 6.13. The number of nitrogens with one attached hydrogen (secondary N) is 1. The summed E-state index contributed by atoms with van der Waals surface area (Å²) < 4.78 is 5.03. The molecule has 0 spiro atoms. The van der Waals surface area contributed by atoms with E-state index in [-0.39, 0.29) is 11.5 Å². The van der Waals surface area contributed by atoms with Gasteiger partial charge in [0, 0.05) is 5.54 Å². The van der Waals surface area contributed by atoms with Crippen LogP contribution in [0.2, 0.25) is 0 Å². The van der Waals surface area contributed by atoms with Gasteiger partial charge in [0.05, 0.1) is 13.0 Å². The third-order valence-electron chi connectivity index (χ3n) is 3.10. The fourth-order valence-electron chi connectivity index (χ4n) is 2.35. The van der Waals surface area contributed by atoms with Gasteiger partial charge in [0.15, 0.2) is 0 Å². The van der Waals surface area contributed by atoms with E-state index in [1.54, 1.807) is 0 Å². The van der Waals surface area contributed by atoms with Crippen molar-refractivity contribution < 1.29 is 9.53 Å². The second kappa shape index (κ2) is 6.11. The molecule has 3 heteroatoms. The summed E-state index contributed by atoms with van der Waals surface area (Å²) in [4.78, 5) is 11.5. The number of rotatable bonds is 6. The van der Waals surface area contributed by atoms with E-state index >= 15 is 0 Å². The molecule has 1 aliphatic rings. The molecule has 0 atom stereocenters. The van der Waals surface area contributed by atoms with Gasteiger partial charge in [-0.05, 0) is 32.7 Å². The number of carbonyl (C=O) groups is 1. The first-order valence-electron chi connectivity index (χ1n) is 6.13. The van der Waals surface area contributed by atoms with E-state index < -0.39 is 0 Å². The third kappa shape index (κ3) is 3.82. The molecule has 0 aromatic rings. The molecule has 0 bridgehead atoms. The first kappa shape index (κ1) is 12.5. The van der Waals surface area contributed by atoms with Crippen LogP contribution < -0.4 is 5.32 Å². The van der Waals surface area contributed by atoms with Gasteiger partial charge in [-0.25, -0.2) is 0 Å². The number of esters is 1. The molecule has 1 saturated carbocycles. The van der Waals surface area contributed by atoms with E-state index in [2.05, 4.69) is 12.2 Å². The van der Waals surface area contributed by atoms with Gasteiger partial charge in [0.1, 0.15) is 0 Å². The van der Waals surface area contributed by atoms with Gasteiger partial charge in [0.25, 0.3) is 0 Å². The number of hydrogen-bond donors (Lipinski definition) is 1. The third-order valence-corrected chi connectivity index (χ3v) is 3.10. The van der Waals surface area contributed by atoms with E-state index in [1.807, 2.05) is 6.92 Å². The molecule has 0 amide bonds. The van der Waals surface area contributed by atoms with Crippen LogP contribution in [0.5, 0.6) is 0 Å². The van der Waals surface area contributed by atoms with Crippen molar-refractivity contribution in [2.24, 2.45) is 0 Å². The van der Waals surface area contributed by atoms with E-state index in [9.17, 15) is 4.79 Å². The highest BCUT2D eigenvalue weighted by Crippen LogP contribution is 2.32. The molecule has 0 aromatic carbocycles. The lowest BCUT2D eigenvalue weighted by molar-refractivity contribution is -0.144. The lowest BCUT2D eigenvalue weighted by atomic mass is 9.93. The van der Waals surface area contributed by atoms with Crippen molar-refractivity contribution in [3.05, 3.63) is 0 Å². The molecule has 1 aliphatic carbocycles. The highest BCUT2D eigenvalue weighted by Gasteiger charge is 2.35. The van der Waals surface area contributed by atoms with Crippen molar-refractivity contribution in [2.45, 2.75) is 57.9 Å². The van der Waals surface area contributed by atoms with E-state index in [1.165, 1.54) is 12.8 Å². The summed E-state index contributed by atoms with van der Waals surface area (Å²) in [5.74, 6) is -0.0528. The van der Waals surface area contributed by atoms with Crippen molar-refractivity contribution in [2.75, 3.05) is 13.2 Å². The van der Waals surface area contributed by atoms with Crippen molar-refractivity contribution in [1.82, 2.24) is 5.32 Å². The predicted octanol–water partition coefficient (Wildman–Crippen LogP) is 2.25. The Balaban J connectivity index is 2.45. The quantitative estimate of drug-likeness (QED) is 0.688. The fraction of sp³-hybridized carbons (Fsp3) is 0.917. The average Bonchev–Trinajstić information content (AvgIpc) is 2.64. The molecular formula is C12H23NO2. The van der Waals surface area contributed by atoms with Crippen LogP contribution in [0, 0.1) is 0 Å². The van der Waals surface area contributed by atoms with Gasteiger partial charge in [0.2, 0.25) is 0 Å². The maximum atomic E-state index is 11.5. The van der Waals surface area contributed by atoms with Crippen LogP contribution >= 0.6 is 0 Å². The molecule has 1 rings (SSSR count). The van der Waals surface area contributed by atoms with Crippen LogP contribution in [0.3, 0.4) is 0 Å². The Labute approximate surface area is 92.6 Å². The van der Waals surface area contributed by atoms with Gasteiger partial charge in [-0.2, -0.15) is 0 Å². The van der Waals surface area contributed by atoms with E-state index in [0.29, 0.717) is 13.0 Å². The molecule has 15 heavy (non-hydrogen) atoms. The molecular weight excluding hydrogens is 190 g/mol. The summed E-state index contributed by atoms with van der Waals surface area (Å²) in [6, 6.07) is 0. The maximum Gasteiger partial charge on any atom is 0.307 e. The lowest BCUT2D eigenvalue weighted by Crippen LogP contribution is -2.45. The zero-order valence-electron chi connectivity index (χ0n) is 9.97. The van der Waals surface area contributed by atoms with Gasteiger partial charge < -0.3 is 10.1 Å². The molecule has 0 saturated heterocycles. The second-order valence-corrected chi connectivity index (χ2v) is 4.40. The van der Waals surface area contributed by atoms with E-state index in [0.717, 1.165) is 25.8 Å². The molecule has 1 N–H and O–H groups in total. The highest BCUT2D eigenvalue weighted by atomic mass is 16.5. The molecule has 1 fully saturated rings. The summed E-state index contributed by atoms with van der Waals surface area (Å²) in [7, 11) is 0. The monoisotopic (exact) mass is 213 g/mol. The normalized spacial score (nSPS) is 19.1. The molecule has 3 nitrogen and oxygen atoms in total. The smallest absolute Gasteiger partial charge is 0.307 e. The van der Waals surface area contributed by atoms with Gasteiger partial charge in [-0.15, -0.1) is 0 Å². The Morgan fingerprint density at radius 2 is 2.00 bits per heavy atom. The minimum atomic E-state index is -0.0528. The number of hydrogen-bond acceptors (Lipinski definition) is 3. The summed E-state index contributed by atoms with van der Waals surface area (Å²) in [5, 5.41) is 3.53. The Hall–Kier alpha value is -0.570. The van der Waals surface area contributed by atoms with Crippen LogP contribution in [-0.2, 0) is 9.53 Å². The average molecular weight is 213 g/mol. The summed E-state index contributed by atoms with van der Waals surface area (Å²) in [5.41, 5.74) is 0.0439. The number of ether oxygens (including phenoxy) is 1. The minimum absolute atomic E-state index is 0.0439. The van der Waals surface area contributed by atoms with Crippen LogP contribution in [0.4, 0.5) is 0 Å². The Kier molecular flexibility index (Phi) is 5.09. The lowest BCUT2D eigenvalue weighted by Gasteiger charge is -2.29. The molecule has 0 unspecified atom stereocenters. The largest absolute Gasteiger partial charge is 0.466 e. The standard InChI is InChI=1S/C12H23NO2/c1-3-9-13-12(7-5-6-8-12)10-11(14)15-4-2/h13H,3-10H2,1-2H3. The summed E-state index contributed by atoms with van der Waals surface area (Å²) in [6.07, 6.45) is 6.36. The second-order valence-electron chi connectivity index (χ2n) is 4.40. The van der Waals surface area contributed by atoms with Gasteiger partial charge in [-0.1, -0.05) is 19.8 Å². The van der Waals surface area contributed by atoms with Gasteiger partial charge in [-0.3, -0.25) is 4.79 Å². The Morgan fingerprint density at radius 1 is 1.33 bits per heavy atom. The van der Waals surface area contributed by atoms with Gasteiger partial charge >= 0.3 is 5.97 Å². The minimum Gasteiger partial charge on any atom is -0.466 e. The first-order chi connectivity index (χ1) is 7.22. The zero-order chi connectivity index (χ0) is 11.1. The highest BCUT2D eigenvalue weighted by molar-refractivity contribution is 5.71. The summed E-state index contributed by atoms with van der Waals surface area (Å²) >= 11 is 0. The molecule has 0 heterocycles. The Morgan fingerprint density at radius 3 is 2.53 bits per heavy atom. The van der Waals surface area contributed by atoms with Crippen LogP contribution in [0.25, 0.3) is 0 Å². The molecule has 0 aromatic heterocycles. The van der Waals surface area contributed by atoms with Crippen LogP contribution in [-0.4, -0.2) is 24.7 Å². The van der Waals surface area contributed by atoms with Crippen LogP contribution in [0.1, 0.15) is 52.4 Å². The SMILES string of the molecule is CCCNC1(CC(=O)OCC)CCCC1. The maximum absolute atomic E-state index is 11.5. The van der Waals surface area contributed by atoms with Crippen molar-refractivity contribution in [1.29, 1.82) is 0 Å².